The molecular formula is C23H26BrFN4O3S. The Bertz CT molecular complexity index is 1090. The Morgan fingerprint density at radius 3 is 2.94 bits per heavy atom. The molecule has 4 rings (SSSR count). The van der Waals surface area contributed by atoms with E-state index in [1.807, 2.05) is 5.38 Å². The lowest BCUT2D eigenvalue weighted by atomic mass is 9.95. The van der Waals surface area contributed by atoms with Crippen LogP contribution in [0.5, 0.6) is 0 Å². The first kappa shape index (κ1) is 24.0. The number of esters is 1. The average Bonchev–Trinajstić information content (AvgIpc) is 3.28. The number of aromatic nitrogens is 1. The van der Waals surface area contributed by atoms with Crippen LogP contribution in [0.1, 0.15) is 37.4 Å². The number of hydrogen-bond acceptors (Lipinski definition) is 8. The molecule has 1 N–H and O–H groups in total. The van der Waals surface area contributed by atoms with Crippen LogP contribution in [0.4, 0.5) is 4.39 Å². The van der Waals surface area contributed by atoms with Crippen molar-refractivity contribution in [1.82, 2.24) is 15.2 Å². The summed E-state index contributed by atoms with van der Waals surface area (Å²) >= 11 is 4.91. The molecule has 1 fully saturated rings. The number of nitrogens with zero attached hydrogens (tertiary/aromatic N) is 3. The summed E-state index contributed by atoms with van der Waals surface area (Å²) in [5, 5.41) is 5.94. The highest BCUT2D eigenvalue weighted by Crippen LogP contribution is 2.37. The summed E-state index contributed by atoms with van der Waals surface area (Å²) in [5.74, 6) is -0.251. The first-order chi connectivity index (χ1) is 15.8. The van der Waals surface area contributed by atoms with Gasteiger partial charge in [0.1, 0.15) is 11.9 Å². The molecule has 0 spiro atoms. The largest absolute Gasteiger partial charge is 0.463 e. The second-order valence-electron chi connectivity index (χ2n) is 8.44. The number of amidine groups is 1. The number of benzene rings is 1. The second kappa shape index (κ2) is 10.0. The molecule has 0 radical (unpaired) electrons. The fourth-order valence-electron chi connectivity index (χ4n) is 4.04. The van der Waals surface area contributed by atoms with Crippen LogP contribution in [0, 0.1) is 5.82 Å². The highest BCUT2D eigenvalue weighted by atomic mass is 79.9. The third-order valence-electron chi connectivity index (χ3n) is 5.40. The van der Waals surface area contributed by atoms with Crippen molar-refractivity contribution in [2.45, 2.75) is 32.4 Å². The molecule has 0 bridgehead atoms. The van der Waals surface area contributed by atoms with Crippen molar-refractivity contribution in [3.63, 3.8) is 0 Å². The molecule has 2 aliphatic heterocycles. The fraction of sp³-hybridized carbons (Fsp3) is 0.435. The molecule has 1 aromatic heterocycles. The van der Waals surface area contributed by atoms with Gasteiger partial charge in [0, 0.05) is 41.4 Å². The summed E-state index contributed by atoms with van der Waals surface area (Å²) in [4.78, 5) is 24.7. The number of carbonyl (C=O) groups excluding carboxylic acids is 1. The van der Waals surface area contributed by atoms with Gasteiger partial charge in [-0.25, -0.2) is 14.2 Å². The van der Waals surface area contributed by atoms with Crippen molar-refractivity contribution in [1.29, 1.82) is 0 Å². The number of carbonyl (C=O) groups is 1. The molecule has 176 valence electrons. The molecular weight excluding hydrogens is 511 g/mol. The number of rotatable bonds is 6. The molecule has 3 heterocycles. The Balaban J connectivity index is 1.81. The van der Waals surface area contributed by atoms with Crippen LogP contribution in [0.15, 0.2) is 50.5 Å². The summed E-state index contributed by atoms with van der Waals surface area (Å²) in [6.45, 7) is 8.65. The van der Waals surface area contributed by atoms with Crippen LogP contribution in [-0.2, 0) is 14.3 Å². The van der Waals surface area contributed by atoms with E-state index >= 15 is 0 Å². The minimum Gasteiger partial charge on any atom is -0.463 e. The van der Waals surface area contributed by atoms with Gasteiger partial charge in [-0.05, 0) is 38.5 Å². The molecule has 1 unspecified atom stereocenters. The van der Waals surface area contributed by atoms with Crippen molar-refractivity contribution >= 4 is 39.1 Å². The van der Waals surface area contributed by atoms with E-state index in [1.54, 1.807) is 19.2 Å². The van der Waals surface area contributed by atoms with Gasteiger partial charge in [0.2, 0.25) is 0 Å². The zero-order valence-corrected chi connectivity index (χ0v) is 21.1. The topological polar surface area (TPSA) is 76.0 Å². The van der Waals surface area contributed by atoms with E-state index in [9.17, 15) is 9.18 Å². The van der Waals surface area contributed by atoms with Gasteiger partial charge in [-0.15, -0.1) is 11.3 Å². The van der Waals surface area contributed by atoms with Crippen LogP contribution in [0.2, 0.25) is 0 Å². The zero-order chi connectivity index (χ0) is 23.6. The Hall–Kier alpha value is -2.14. The highest BCUT2D eigenvalue weighted by molar-refractivity contribution is 9.10. The van der Waals surface area contributed by atoms with Crippen LogP contribution < -0.4 is 5.32 Å². The van der Waals surface area contributed by atoms with Gasteiger partial charge in [0.05, 0.1) is 24.4 Å². The van der Waals surface area contributed by atoms with E-state index in [0.717, 1.165) is 6.54 Å². The minimum absolute atomic E-state index is 0.237. The number of morpholine rings is 1. The standard InChI is InChI=1S/C23H26BrFN4O3S/c1-4-31-22(30)18-17(12-29-8-9-32-23(2,3)13-29)27-20(21-26-7-10-33-21)28-19(18)15-6-5-14(25)11-16(15)24/h5-7,10-11,19H,4,8-9,12-13H2,1-3H3,(H,27,28). The molecule has 7 nitrogen and oxygen atoms in total. The van der Waals surface area contributed by atoms with Crippen molar-refractivity contribution in [2.24, 2.45) is 4.99 Å². The average molecular weight is 537 g/mol. The Morgan fingerprint density at radius 1 is 1.45 bits per heavy atom. The quantitative estimate of drug-likeness (QED) is 0.561. The van der Waals surface area contributed by atoms with Crippen molar-refractivity contribution < 1.29 is 18.7 Å². The fourth-order valence-corrected chi connectivity index (χ4v) is 5.20. The lowest BCUT2D eigenvalue weighted by Gasteiger charge is -2.39. The van der Waals surface area contributed by atoms with Gasteiger partial charge in [-0.2, -0.15) is 0 Å². The number of aliphatic imine (C=N–C) groups is 1. The van der Waals surface area contributed by atoms with Crippen molar-refractivity contribution in [2.75, 3.05) is 32.8 Å². The van der Waals surface area contributed by atoms with Gasteiger partial charge < -0.3 is 14.8 Å². The Kier molecular flexibility index (Phi) is 7.28. The number of thiazole rings is 1. The lowest BCUT2D eigenvalue weighted by molar-refractivity contribution is -0.139. The summed E-state index contributed by atoms with van der Waals surface area (Å²) in [7, 11) is 0. The molecule has 0 saturated carbocycles. The molecule has 2 aliphatic rings. The Morgan fingerprint density at radius 2 is 2.27 bits per heavy atom. The third kappa shape index (κ3) is 5.51. The third-order valence-corrected chi connectivity index (χ3v) is 6.87. The summed E-state index contributed by atoms with van der Waals surface area (Å²) in [6.07, 6.45) is 1.71. The second-order valence-corrected chi connectivity index (χ2v) is 10.2. The molecule has 1 aromatic carbocycles. The molecule has 1 atom stereocenters. The number of nitrogens with one attached hydrogen (secondary N) is 1. The first-order valence-electron chi connectivity index (χ1n) is 10.7. The van der Waals surface area contributed by atoms with E-state index in [2.05, 4.69) is 45.0 Å². The Labute approximate surface area is 204 Å². The lowest BCUT2D eigenvalue weighted by Crippen LogP contribution is -2.50. The molecule has 0 amide bonds. The molecule has 33 heavy (non-hydrogen) atoms. The van der Waals surface area contributed by atoms with Gasteiger partial charge in [-0.1, -0.05) is 22.0 Å². The van der Waals surface area contributed by atoms with E-state index in [-0.39, 0.29) is 18.0 Å². The van der Waals surface area contributed by atoms with E-state index < -0.39 is 12.0 Å². The van der Waals surface area contributed by atoms with Gasteiger partial charge in [0.15, 0.2) is 10.8 Å². The van der Waals surface area contributed by atoms with Crippen LogP contribution in [0.3, 0.4) is 0 Å². The molecule has 10 heteroatoms. The van der Waals surface area contributed by atoms with E-state index in [1.165, 1.54) is 23.5 Å². The summed E-state index contributed by atoms with van der Waals surface area (Å²) in [5.41, 5.74) is 1.50. The van der Waals surface area contributed by atoms with Crippen molar-refractivity contribution in [3.05, 3.63) is 61.9 Å². The van der Waals surface area contributed by atoms with Crippen LogP contribution in [-0.4, -0.2) is 60.1 Å². The molecule has 1 saturated heterocycles. The monoisotopic (exact) mass is 536 g/mol. The maximum absolute atomic E-state index is 13.8. The predicted octanol–water partition coefficient (Wildman–Crippen LogP) is 4.06. The normalized spacial score (nSPS) is 20.9. The first-order valence-corrected chi connectivity index (χ1v) is 12.4. The van der Waals surface area contributed by atoms with Gasteiger partial charge in [-0.3, -0.25) is 9.89 Å². The maximum Gasteiger partial charge on any atom is 0.338 e. The summed E-state index contributed by atoms with van der Waals surface area (Å²) < 4.78 is 25.7. The molecule has 0 aliphatic carbocycles. The van der Waals surface area contributed by atoms with Crippen molar-refractivity contribution in [3.8, 4) is 0 Å². The smallest absolute Gasteiger partial charge is 0.338 e. The van der Waals surface area contributed by atoms with E-state index in [4.69, 9.17) is 14.5 Å². The van der Waals surface area contributed by atoms with E-state index in [0.29, 0.717) is 51.8 Å². The SMILES string of the molecule is CCOC(=O)C1=C(CN2CCOC(C)(C)C2)NC(c2nccs2)=NC1c1ccc(F)cc1Br. The highest BCUT2D eigenvalue weighted by Gasteiger charge is 2.36. The number of ether oxygens (including phenoxy) is 2. The minimum atomic E-state index is -0.678. The number of hydrogen-bond donors (Lipinski definition) is 1. The van der Waals surface area contributed by atoms with Crippen LogP contribution in [0.25, 0.3) is 0 Å². The zero-order valence-electron chi connectivity index (χ0n) is 18.7. The number of halogens is 2. The van der Waals surface area contributed by atoms with Gasteiger partial charge in [0.25, 0.3) is 0 Å². The van der Waals surface area contributed by atoms with Crippen LogP contribution >= 0.6 is 27.3 Å². The maximum atomic E-state index is 13.8. The predicted molar refractivity (Wildman–Crippen MR) is 129 cm³/mol. The van der Waals surface area contributed by atoms with Gasteiger partial charge >= 0.3 is 5.97 Å². The summed E-state index contributed by atoms with van der Waals surface area (Å²) in [6, 6.07) is 3.71. The molecule has 2 aromatic rings.